The van der Waals surface area contributed by atoms with Crippen LogP contribution < -0.4 is 16.4 Å². The molecule has 4 aromatic heterocycles. The van der Waals surface area contributed by atoms with Crippen molar-refractivity contribution >= 4 is 28.4 Å². The van der Waals surface area contributed by atoms with Gasteiger partial charge in [-0.2, -0.15) is 5.10 Å². The van der Waals surface area contributed by atoms with Crippen LogP contribution in [0.1, 0.15) is 51.1 Å². The zero-order valence-corrected chi connectivity index (χ0v) is 24.1. The second-order valence-electron chi connectivity index (χ2n) is 11.6. The molecule has 0 unspecified atom stereocenters. The van der Waals surface area contributed by atoms with Gasteiger partial charge in [0.05, 0.1) is 25.1 Å². The molecular weight excluding hydrogens is 514 g/mol. The summed E-state index contributed by atoms with van der Waals surface area (Å²) in [7, 11) is 0. The molecule has 4 N–H and O–H groups in total. The molecule has 0 amide bonds. The quantitative estimate of drug-likeness (QED) is 0.263. The number of nitrogens with one attached hydrogen (secondary N) is 2. The molecule has 2 aliphatic rings. The van der Waals surface area contributed by atoms with Crippen molar-refractivity contribution in [2.75, 3.05) is 43.5 Å². The van der Waals surface area contributed by atoms with Crippen molar-refractivity contribution in [1.29, 1.82) is 0 Å². The molecule has 1 saturated carbocycles. The van der Waals surface area contributed by atoms with Gasteiger partial charge in [-0.3, -0.25) is 9.88 Å². The van der Waals surface area contributed by atoms with Crippen molar-refractivity contribution in [2.24, 2.45) is 11.7 Å². The Morgan fingerprint density at radius 2 is 1.80 bits per heavy atom. The fourth-order valence-electron chi connectivity index (χ4n) is 5.81. The lowest BCUT2D eigenvalue weighted by molar-refractivity contribution is 0.0341. The summed E-state index contributed by atoms with van der Waals surface area (Å²) in [6.45, 7) is 9.39. The monoisotopic (exact) mass is 555 g/mol. The van der Waals surface area contributed by atoms with Crippen LogP contribution in [0, 0.1) is 5.92 Å². The number of pyridine rings is 3. The van der Waals surface area contributed by atoms with E-state index < -0.39 is 0 Å². The van der Waals surface area contributed by atoms with Gasteiger partial charge in [-0.1, -0.05) is 6.07 Å². The molecule has 0 radical (unpaired) electrons. The average molecular weight is 556 g/mol. The van der Waals surface area contributed by atoms with Crippen LogP contribution in [0.2, 0.25) is 0 Å². The molecule has 1 aliphatic carbocycles. The van der Waals surface area contributed by atoms with Crippen molar-refractivity contribution in [3.63, 3.8) is 0 Å². The highest BCUT2D eigenvalue weighted by molar-refractivity contribution is 5.80. The summed E-state index contributed by atoms with van der Waals surface area (Å²) in [4.78, 5) is 16.9. The summed E-state index contributed by atoms with van der Waals surface area (Å²) in [6.07, 6.45) is 10.3. The normalized spacial score (nSPS) is 20.0. The van der Waals surface area contributed by atoms with Crippen LogP contribution in [-0.2, 0) is 11.3 Å². The van der Waals surface area contributed by atoms with Crippen molar-refractivity contribution < 1.29 is 4.74 Å². The molecular formula is C31H41N9O. The van der Waals surface area contributed by atoms with Gasteiger partial charge in [0.1, 0.15) is 11.6 Å². The maximum Gasteiger partial charge on any atom is 0.160 e. The first-order chi connectivity index (χ1) is 20.1. The van der Waals surface area contributed by atoms with Crippen LogP contribution in [0.3, 0.4) is 0 Å². The summed E-state index contributed by atoms with van der Waals surface area (Å²) < 4.78 is 7.43. The highest BCUT2D eigenvalue weighted by Crippen LogP contribution is 2.33. The van der Waals surface area contributed by atoms with E-state index in [1.807, 2.05) is 35.4 Å². The van der Waals surface area contributed by atoms with Gasteiger partial charge in [-0.25, -0.2) is 14.6 Å². The lowest BCUT2D eigenvalue weighted by Crippen LogP contribution is -2.35. The topological polar surface area (TPSA) is 119 Å². The van der Waals surface area contributed by atoms with Crippen LogP contribution in [-0.4, -0.2) is 68.5 Å². The summed E-state index contributed by atoms with van der Waals surface area (Å²) in [5.41, 5.74) is 11.0. The Bertz CT molecular complexity index is 1440. The van der Waals surface area contributed by atoms with E-state index in [1.165, 1.54) is 5.56 Å². The molecule has 0 spiro atoms. The van der Waals surface area contributed by atoms with Gasteiger partial charge in [0.15, 0.2) is 5.65 Å². The van der Waals surface area contributed by atoms with Crippen molar-refractivity contribution in [1.82, 2.24) is 29.6 Å². The third-order valence-electron chi connectivity index (χ3n) is 8.24. The molecule has 10 nitrogen and oxygen atoms in total. The predicted molar refractivity (Wildman–Crippen MR) is 163 cm³/mol. The highest BCUT2D eigenvalue weighted by atomic mass is 16.5. The maximum absolute atomic E-state index is 5.95. The number of fused-ring (bicyclic) bond motifs is 1. The number of hydrogen-bond donors (Lipinski definition) is 3. The van der Waals surface area contributed by atoms with Gasteiger partial charge in [-0.05, 0) is 75.8 Å². The highest BCUT2D eigenvalue weighted by Gasteiger charge is 2.22. The number of anilines is 3. The van der Waals surface area contributed by atoms with E-state index in [1.54, 1.807) is 0 Å². The smallest absolute Gasteiger partial charge is 0.160 e. The Labute approximate surface area is 241 Å². The van der Waals surface area contributed by atoms with Gasteiger partial charge in [0, 0.05) is 66.8 Å². The van der Waals surface area contributed by atoms with Crippen LogP contribution in [0.4, 0.5) is 17.3 Å². The Kier molecular flexibility index (Phi) is 8.41. The fraction of sp³-hybridized carbons (Fsp3) is 0.484. The minimum absolute atomic E-state index is 0.227. The molecule has 0 bridgehead atoms. The third kappa shape index (κ3) is 6.50. The largest absolute Gasteiger partial charge is 0.382 e. The van der Waals surface area contributed by atoms with Gasteiger partial charge in [0.25, 0.3) is 0 Å². The molecule has 0 aromatic carbocycles. The molecule has 216 valence electrons. The second-order valence-corrected chi connectivity index (χ2v) is 11.6. The zero-order chi connectivity index (χ0) is 28.2. The molecule has 1 aliphatic heterocycles. The van der Waals surface area contributed by atoms with E-state index >= 15 is 0 Å². The number of nitrogens with zero attached hydrogens (tertiary/aromatic N) is 6. The minimum atomic E-state index is 0.227. The van der Waals surface area contributed by atoms with Gasteiger partial charge >= 0.3 is 0 Å². The minimum Gasteiger partial charge on any atom is -0.382 e. The molecule has 2 fully saturated rings. The number of aromatic nitrogens is 5. The van der Waals surface area contributed by atoms with E-state index in [-0.39, 0.29) is 6.04 Å². The van der Waals surface area contributed by atoms with Gasteiger partial charge < -0.3 is 21.1 Å². The van der Waals surface area contributed by atoms with Crippen molar-refractivity contribution in [3.8, 4) is 11.3 Å². The Balaban J connectivity index is 1.25. The second kappa shape index (κ2) is 12.5. The molecule has 4 aromatic rings. The van der Waals surface area contributed by atoms with Gasteiger partial charge in [-0.15, -0.1) is 0 Å². The number of morpholine rings is 1. The van der Waals surface area contributed by atoms with Crippen LogP contribution in [0.5, 0.6) is 0 Å². The molecule has 41 heavy (non-hydrogen) atoms. The molecule has 1 saturated heterocycles. The predicted octanol–water partition coefficient (Wildman–Crippen LogP) is 4.97. The SMILES string of the molecule is CC(C)n1ncc2ccc(Nc3cc(NC4CCC(CN)CC4)c(-c4ccc(CN5CCOCC5)cn4)cn3)nc21. The average Bonchev–Trinajstić information content (AvgIpc) is 3.43. The lowest BCUT2D eigenvalue weighted by atomic mass is 9.86. The first-order valence-electron chi connectivity index (χ1n) is 14.9. The number of nitrogens with two attached hydrogens (primary N) is 1. The zero-order valence-electron chi connectivity index (χ0n) is 24.1. The van der Waals surface area contributed by atoms with E-state index in [0.717, 1.165) is 105 Å². The van der Waals surface area contributed by atoms with E-state index in [0.29, 0.717) is 12.0 Å². The molecule has 0 atom stereocenters. The first-order valence-corrected chi connectivity index (χ1v) is 14.9. The number of ether oxygens (including phenoxy) is 1. The Hall–Kier alpha value is -3.60. The fourth-order valence-corrected chi connectivity index (χ4v) is 5.81. The summed E-state index contributed by atoms with van der Waals surface area (Å²) in [5.74, 6) is 2.10. The molecule has 6 rings (SSSR count). The number of rotatable bonds is 9. The van der Waals surface area contributed by atoms with Crippen LogP contribution in [0.15, 0.2) is 48.9 Å². The summed E-state index contributed by atoms with van der Waals surface area (Å²) >= 11 is 0. The standard InChI is InChI=1S/C31H41N9O/c1-21(2)40-31-24(18-35-40)6-10-29(38-31)37-30-15-28(36-25-7-3-22(16-32)4-8-25)26(19-34-30)27-9-5-23(17-33-27)20-39-11-13-41-14-12-39/h5-6,9-10,15,17-19,21-22,25H,3-4,7-8,11-14,16,20,32H2,1-2H3,(H2,34,36,37,38). The van der Waals surface area contributed by atoms with E-state index in [9.17, 15) is 0 Å². The number of hydrogen-bond acceptors (Lipinski definition) is 9. The first kappa shape index (κ1) is 27.6. The van der Waals surface area contributed by atoms with Crippen molar-refractivity contribution in [2.45, 2.75) is 58.2 Å². The van der Waals surface area contributed by atoms with Crippen molar-refractivity contribution in [3.05, 3.63) is 54.5 Å². The summed E-state index contributed by atoms with van der Waals surface area (Å²) in [5, 5.41) is 12.8. The van der Waals surface area contributed by atoms with Crippen LogP contribution in [0.25, 0.3) is 22.3 Å². The Morgan fingerprint density at radius 1 is 0.976 bits per heavy atom. The summed E-state index contributed by atoms with van der Waals surface area (Å²) in [6, 6.07) is 11.0. The Morgan fingerprint density at radius 3 is 2.54 bits per heavy atom. The van der Waals surface area contributed by atoms with Crippen LogP contribution >= 0.6 is 0 Å². The molecule has 10 heteroatoms. The van der Waals surface area contributed by atoms with E-state index in [4.69, 9.17) is 25.4 Å². The maximum atomic E-state index is 5.95. The van der Waals surface area contributed by atoms with Gasteiger partial charge in [0.2, 0.25) is 0 Å². The molecule has 5 heterocycles. The van der Waals surface area contributed by atoms with E-state index in [2.05, 4.69) is 52.7 Å². The third-order valence-corrected chi connectivity index (χ3v) is 8.24. The lowest BCUT2D eigenvalue weighted by Gasteiger charge is -2.29.